The van der Waals surface area contributed by atoms with Crippen molar-refractivity contribution in [2.75, 3.05) is 18.5 Å². The molecule has 1 aromatic heterocycles. The van der Waals surface area contributed by atoms with E-state index in [-0.39, 0.29) is 6.54 Å². The molecule has 18 heavy (non-hydrogen) atoms. The summed E-state index contributed by atoms with van der Waals surface area (Å²) in [4.78, 5) is 26.0. The van der Waals surface area contributed by atoms with Crippen LogP contribution in [0, 0.1) is 5.92 Å². The van der Waals surface area contributed by atoms with Crippen LogP contribution >= 0.6 is 0 Å². The number of anilines is 1. The first-order valence-corrected chi connectivity index (χ1v) is 5.64. The van der Waals surface area contributed by atoms with E-state index in [0.29, 0.717) is 18.0 Å². The summed E-state index contributed by atoms with van der Waals surface area (Å²) in [5.74, 6) is -1.27. The Labute approximate surface area is 105 Å². The number of aromatic nitrogens is 1. The molecule has 0 amide bonds. The van der Waals surface area contributed by atoms with Gasteiger partial charge in [-0.1, -0.05) is 6.92 Å². The Hall–Kier alpha value is -2.11. The Kier molecular flexibility index (Phi) is 5.10. The summed E-state index contributed by atoms with van der Waals surface area (Å²) in [6, 6.07) is 3.19. The molecule has 0 spiro atoms. The Balaban J connectivity index is 2.55. The number of carbonyl (C=O) groups excluding carboxylic acids is 1. The lowest BCUT2D eigenvalue weighted by Crippen LogP contribution is -2.20. The molecule has 0 bridgehead atoms. The van der Waals surface area contributed by atoms with Gasteiger partial charge in [0.25, 0.3) is 0 Å². The van der Waals surface area contributed by atoms with Gasteiger partial charge >= 0.3 is 11.9 Å². The minimum atomic E-state index is -0.870. The van der Waals surface area contributed by atoms with Gasteiger partial charge in [0.2, 0.25) is 0 Å². The second-order valence-corrected chi connectivity index (χ2v) is 3.77. The highest BCUT2D eigenvalue weighted by Crippen LogP contribution is 2.07. The van der Waals surface area contributed by atoms with E-state index in [1.165, 1.54) is 6.20 Å². The van der Waals surface area contributed by atoms with E-state index in [0.717, 1.165) is 0 Å². The van der Waals surface area contributed by atoms with Crippen LogP contribution in [-0.2, 0) is 9.53 Å². The molecule has 1 atom stereocenters. The highest BCUT2D eigenvalue weighted by Gasteiger charge is 2.11. The van der Waals surface area contributed by atoms with E-state index in [1.807, 2.05) is 0 Å². The first-order chi connectivity index (χ1) is 8.54. The standard InChI is InChI=1S/C12H16N2O4/c1-3-18-12(17)9-4-5-10(14-7-9)13-6-8(2)11(15)16/h4-5,7-8H,3,6H2,1-2H3,(H,13,14)(H,15,16). The quantitative estimate of drug-likeness (QED) is 0.744. The van der Waals surface area contributed by atoms with Gasteiger partial charge in [0.15, 0.2) is 0 Å². The summed E-state index contributed by atoms with van der Waals surface area (Å²) in [6.45, 7) is 3.92. The van der Waals surface area contributed by atoms with Crippen molar-refractivity contribution in [2.45, 2.75) is 13.8 Å². The molecule has 0 aliphatic rings. The SMILES string of the molecule is CCOC(=O)c1ccc(NCC(C)C(=O)O)nc1. The van der Waals surface area contributed by atoms with Gasteiger partial charge in [-0.05, 0) is 19.1 Å². The number of nitrogens with zero attached hydrogens (tertiary/aromatic N) is 1. The topological polar surface area (TPSA) is 88.5 Å². The summed E-state index contributed by atoms with van der Waals surface area (Å²) in [7, 11) is 0. The third-order valence-electron chi connectivity index (χ3n) is 2.29. The minimum absolute atomic E-state index is 0.279. The van der Waals surface area contributed by atoms with Crippen LogP contribution in [-0.4, -0.2) is 35.2 Å². The lowest BCUT2D eigenvalue weighted by Gasteiger charge is -2.09. The zero-order valence-corrected chi connectivity index (χ0v) is 10.3. The van der Waals surface area contributed by atoms with Crippen LogP contribution in [0.25, 0.3) is 0 Å². The molecule has 1 heterocycles. The molecule has 1 rings (SSSR count). The van der Waals surface area contributed by atoms with E-state index >= 15 is 0 Å². The molecule has 0 saturated carbocycles. The fraction of sp³-hybridized carbons (Fsp3) is 0.417. The third kappa shape index (κ3) is 4.04. The fourth-order valence-corrected chi connectivity index (χ4v) is 1.18. The molecule has 2 N–H and O–H groups in total. The van der Waals surface area contributed by atoms with Crippen LogP contribution in [0.3, 0.4) is 0 Å². The Morgan fingerprint density at radius 2 is 2.22 bits per heavy atom. The van der Waals surface area contributed by atoms with Gasteiger partial charge < -0.3 is 15.2 Å². The van der Waals surface area contributed by atoms with Crippen molar-refractivity contribution in [3.8, 4) is 0 Å². The third-order valence-corrected chi connectivity index (χ3v) is 2.29. The van der Waals surface area contributed by atoms with Crippen LogP contribution in [0.4, 0.5) is 5.82 Å². The number of carboxylic acids is 1. The van der Waals surface area contributed by atoms with Gasteiger partial charge in [0, 0.05) is 12.7 Å². The van der Waals surface area contributed by atoms with E-state index in [4.69, 9.17) is 9.84 Å². The molecule has 0 aliphatic carbocycles. The smallest absolute Gasteiger partial charge is 0.339 e. The molecule has 0 saturated heterocycles. The van der Waals surface area contributed by atoms with Gasteiger partial charge in [-0.25, -0.2) is 9.78 Å². The molecule has 1 aromatic rings. The van der Waals surface area contributed by atoms with Crippen molar-refractivity contribution in [2.24, 2.45) is 5.92 Å². The largest absolute Gasteiger partial charge is 0.481 e. The monoisotopic (exact) mass is 252 g/mol. The van der Waals surface area contributed by atoms with Gasteiger partial charge in [0.05, 0.1) is 18.1 Å². The molecule has 0 radical (unpaired) electrons. The molecule has 6 heteroatoms. The maximum Gasteiger partial charge on any atom is 0.339 e. The maximum absolute atomic E-state index is 11.4. The van der Waals surface area contributed by atoms with E-state index in [1.54, 1.807) is 26.0 Å². The number of carboxylic acid groups (broad SMARTS) is 1. The van der Waals surface area contributed by atoms with Gasteiger partial charge in [-0.15, -0.1) is 0 Å². The van der Waals surface area contributed by atoms with E-state index in [2.05, 4.69) is 10.3 Å². The molecule has 6 nitrogen and oxygen atoms in total. The highest BCUT2D eigenvalue weighted by atomic mass is 16.5. The fourth-order valence-electron chi connectivity index (χ4n) is 1.18. The van der Waals surface area contributed by atoms with Crippen molar-refractivity contribution in [3.63, 3.8) is 0 Å². The normalized spacial score (nSPS) is 11.7. The van der Waals surface area contributed by atoms with Crippen LogP contribution in [0.1, 0.15) is 24.2 Å². The first-order valence-electron chi connectivity index (χ1n) is 5.64. The molecule has 0 aromatic carbocycles. The summed E-state index contributed by atoms with van der Waals surface area (Å²) in [5.41, 5.74) is 0.369. The second-order valence-electron chi connectivity index (χ2n) is 3.77. The van der Waals surface area contributed by atoms with Gasteiger partial charge in [-0.2, -0.15) is 0 Å². The number of carbonyl (C=O) groups is 2. The molecular formula is C12H16N2O4. The number of nitrogens with one attached hydrogen (secondary N) is 1. The maximum atomic E-state index is 11.4. The van der Waals surface area contributed by atoms with Crippen LogP contribution < -0.4 is 5.32 Å². The second kappa shape index (κ2) is 6.58. The summed E-state index contributed by atoms with van der Waals surface area (Å²) >= 11 is 0. The lowest BCUT2D eigenvalue weighted by molar-refractivity contribution is -0.140. The zero-order chi connectivity index (χ0) is 13.5. The Morgan fingerprint density at radius 3 is 2.72 bits per heavy atom. The average Bonchev–Trinajstić information content (AvgIpc) is 2.36. The number of aliphatic carboxylic acids is 1. The predicted molar refractivity (Wildman–Crippen MR) is 65.5 cm³/mol. The molecule has 0 fully saturated rings. The van der Waals surface area contributed by atoms with Crippen LogP contribution in [0.15, 0.2) is 18.3 Å². The average molecular weight is 252 g/mol. The summed E-state index contributed by atoms with van der Waals surface area (Å²) < 4.78 is 4.82. The summed E-state index contributed by atoms with van der Waals surface area (Å²) in [6.07, 6.45) is 1.39. The number of esters is 1. The van der Waals surface area contributed by atoms with Crippen molar-refractivity contribution in [3.05, 3.63) is 23.9 Å². The Bertz CT molecular complexity index is 417. The molecule has 98 valence electrons. The van der Waals surface area contributed by atoms with Gasteiger partial charge in [-0.3, -0.25) is 4.79 Å². The van der Waals surface area contributed by atoms with Gasteiger partial charge in [0.1, 0.15) is 5.82 Å². The number of hydrogen-bond acceptors (Lipinski definition) is 5. The molecule has 0 aliphatic heterocycles. The van der Waals surface area contributed by atoms with Crippen molar-refractivity contribution < 1.29 is 19.4 Å². The number of pyridine rings is 1. The first kappa shape index (κ1) is 14.0. The minimum Gasteiger partial charge on any atom is -0.481 e. The highest BCUT2D eigenvalue weighted by molar-refractivity contribution is 5.89. The van der Waals surface area contributed by atoms with E-state index in [9.17, 15) is 9.59 Å². The summed E-state index contributed by atoms with van der Waals surface area (Å²) in [5, 5.41) is 11.6. The molecule has 1 unspecified atom stereocenters. The Morgan fingerprint density at radius 1 is 1.50 bits per heavy atom. The predicted octanol–water partition coefficient (Wildman–Crippen LogP) is 1.39. The van der Waals surface area contributed by atoms with Crippen molar-refractivity contribution in [1.82, 2.24) is 4.98 Å². The van der Waals surface area contributed by atoms with E-state index < -0.39 is 17.9 Å². The lowest BCUT2D eigenvalue weighted by atomic mass is 10.2. The number of ether oxygens (including phenoxy) is 1. The number of hydrogen-bond donors (Lipinski definition) is 2. The molecular weight excluding hydrogens is 236 g/mol. The van der Waals surface area contributed by atoms with Crippen molar-refractivity contribution >= 4 is 17.8 Å². The van der Waals surface area contributed by atoms with Crippen LogP contribution in [0.2, 0.25) is 0 Å². The zero-order valence-electron chi connectivity index (χ0n) is 10.3. The van der Waals surface area contributed by atoms with Crippen LogP contribution in [0.5, 0.6) is 0 Å². The van der Waals surface area contributed by atoms with Crippen molar-refractivity contribution in [1.29, 1.82) is 0 Å². The number of rotatable bonds is 6.